The number of allylic oxidation sites excluding steroid dienone is 1. The summed E-state index contributed by atoms with van der Waals surface area (Å²) < 4.78 is 2.08. The summed E-state index contributed by atoms with van der Waals surface area (Å²) in [7, 11) is 9.19. The molecule has 0 rings (SSSR count). The standard InChI is InChI=1S/C27H52N3O2/c1-24(2)26(31)18-13-16-22-29(5,6)20-14-11-9-10-12-15-21-30(7,8)23-17-19-28-27(32)25(3)4/h1,3,9-23H2,2,4-8H3/q+1/p+1. The van der Waals surface area contributed by atoms with Crippen molar-refractivity contribution < 1.29 is 18.6 Å². The van der Waals surface area contributed by atoms with E-state index in [0.717, 1.165) is 47.9 Å². The highest BCUT2D eigenvalue weighted by Gasteiger charge is 2.15. The molecule has 0 saturated carbocycles. The average Bonchev–Trinajstić information content (AvgIpc) is 2.69. The molecular weight excluding hydrogens is 398 g/mol. The molecule has 0 saturated heterocycles. The molecule has 0 aromatic carbocycles. The van der Waals surface area contributed by atoms with E-state index in [2.05, 4.69) is 46.7 Å². The van der Waals surface area contributed by atoms with Gasteiger partial charge in [0, 0.05) is 25.0 Å². The van der Waals surface area contributed by atoms with Crippen molar-refractivity contribution in [1.29, 1.82) is 0 Å². The smallest absolute Gasteiger partial charge is 0.246 e. The first-order valence-electron chi connectivity index (χ1n) is 12.6. The number of nitrogens with one attached hydrogen (secondary N) is 1. The predicted molar refractivity (Wildman–Crippen MR) is 137 cm³/mol. The maximum Gasteiger partial charge on any atom is 0.246 e. The second kappa shape index (κ2) is 16.2. The normalized spacial score (nSPS) is 11.9. The van der Waals surface area contributed by atoms with Gasteiger partial charge in [-0.1, -0.05) is 26.0 Å². The molecule has 0 unspecified atom stereocenters. The number of Topliss-reactive ketones (excluding diaryl/α,β-unsaturated/α-hetero) is 1. The number of carbonyl (C=O) groups is 2. The molecule has 186 valence electrons. The van der Waals surface area contributed by atoms with Crippen molar-refractivity contribution in [1.82, 2.24) is 5.32 Å². The van der Waals surface area contributed by atoms with Crippen LogP contribution in [0, 0.1) is 0 Å². The second-order valence-electron chi connectivity index (χ2n) is 10.9. The molecule has 0 aromatic rings. The van der Waals surface area contributed by atoms with Crippen molar-refractivity contribution in [3.63, 3.8) is 0 Å². The molecule has 1 amide bonds. The molecule has 5 heteroatoms. The summed E-state index contributed by atoms with van der Waals surface area (Å²) >= 11 is 0. The van der Waals surface area contributed by atoms with E-state index < -0.39 is 0 Å². The molecule has 0 fully saturated rings. The predicted octanol–water partition coefficient (Wildman–Crippen LogP) is 4.88. The van der Waals surface area contributed by atoms with Crippen molar-refractivity contribution >= 4 is 11.7 Å². The lowest BCUT2D eigenvalue weighted by molar-refractivity contribution is -0.890. The van der Waals surface area contributed by atoms with E-state index in [0.29, 0.717) is 17.6 Å². The zero-order valence-corrected chi connectivity index (χ0v) is 22.2. The summed E-state index contributed by atoms with van der Waals surface area (Å²) in [4.78, 5) is 23.1. The molecule has 0 aliphatic carbocycles. The lowest BCUT2D eigenvalue weighted by Crippen LogP contribution is -2.42. The first-order chi connectivity index (χ1) is 14.9. The molecule has 0 radical (unpaired) electrons. The van der Waals surface area contributed by atoms with Crippen LogP contribution in [-0.4, -0.2) is 81.6 Å². The monoisotopic (exact) mass is 451 g/mol. The maximum atomic E-state index is 11.6. The van der Waals surface area contributed by atoms with Crippen LogP contribution in [-0.2, 0) is 9.59 Å². The number of amides is 1. The van der Waals surface area contributed by atoms with Crippen LogP contribution in [0.5, 0.6) is 0 Å². The summed E-state index contributed by atoms with van der Waals surface area (Å²) in [5.41, 5.74) is 1.26. The van der Waals surface area contributed by atoms with Gasteiger partial charge < -0.3 is 14.3 Å². The number of ketones is 1. The molecule has 0 aliphatic heterocycles. The van der Waals surface area contributed by atoms with Crippen LogP contribution >= 0.6 is 0 Å². The van der Waals surface area contributed by atoms with Crippen LogP contribution in [0.4, 0.5) is 0 Å². The topological polar surface area (TPSA) is 46.2 Å². The molecular formula is C27H53N3O2+2. The largest absolute Gasteiger partial charge is 0.352 e. The van der Waals surface area contributed by atoms with Gasteiger partial charge in [0.25, 0.3) is 0 Å². The number of quaternary nitrogens is 2. The Balaban J connectivity index is 3.70. The van der Waals surface area contributed by atoms with E-state index in [-0.39, 0.29) is 11.7 Å². The minimum absolute atomic E-state index is 0.0347. The van der Waals surface area contributed by atoms with E-state index in [4.69, 9.17) is 0 Å². The van der Waals surface area contributed by atoms with Gasteiger partial charge in [-0.3, -0.25) is 9.59 Å². The van der Waals surface area contributed by atoms with E-state index >= 15 is 0 Å². The Bertz CT molecular complexity index is 542. The molecule has 5 nitrogen and oxygen atoms in total. The van der Waals surface area contributed by atoms with Gasteiger partial charge in [0.1, 0.15) is 0 Å². The van der Waals surface area contributed by atoms with E-state index in [1.807, 2.05) is 0 Å². The number of hydrogen-bond acceptors (Lipinski definition) is 2. The summed E-state index contributed by atoms with van der Waals surface area (Å²) in [6.45, 7) is 16.3. The lowest BCUT2D eigenvalue weighted by atomic mass is 10.1. The number of rotatable bonds is 20. The quantitative estimate of drug-likeness (QED) is 0.163. The molecule has 0 spiro atoms. The van der Waals surface area contributed by atoms with Gasteiger partial charge in [-0.25, -0.2) is 0 Å². The third-order valence-electron chi connectivity index (χ3n) is 6.28. The number of nitrogens with zero attached hydrogens (tertiary/aromatic N) is 2. The Kier molecular flexibility index (Phi) is 15.5. The fourth-order valence-electron chi connectivity index (χ4n) is 3.91. The van der Waals surface area contributed by atoms with Crippen LogP contribution in [0.3, 0.4) is 0 Å². The summed E-state index contributed by atoms with van der Waals surface area (Å²) in [6, 6.07) is 0. The van der Waals surface area contributed by atoms with Crippen LogP contribution in [0.15, 0.2) is 24.3 Å². The Morgan fingerprint density at radius 3 is 1.47 bits per heavy atom. The number of carbonyl (C=O) groups excluding carboxylic acids is 2. The van der Waals surface area contributed by atoms with Gasteiger partial charge >= 0.3 is 0 Å². The van der Waals surface area contributed by atoms with Crippen molar-refractivity contribution in [2.45, 2.75) is 78.1 Å². The van der Waals surface area contributed by atoms with E-state index in [1.165, 1.54) is 51.6 Å². The zero-order chi connectivity index (χ0) is 24.6. The average molecular weight is 452 g/mol. The first-order valence-corrected chi connectivity index (χ1v) is 12.6. The highest BCUT2D eigenvalue weighted by atomic mass is 16.1. The van der Waals surface area contributed by atoms with Crippen LogP contribution < -0.4 is 5.32 Å². The van der Waals surface area contributed by atoms with Crippen molar-refractivity contribution in [2.75, 3.05) is 60.9 Å². The van der Waals surface area contributed by atoms with Gasteiger partial charge in [0.15, 0.2) is 5.78 Å². The fourth-order valence-corrected chi connectivity index (χ4v) is 3.91. The molecule has 32 heavy (non-hydrogen) atoms. The van der Waals surface area contributed by atoms with Crippen molar-refractivity contribution in [3.05, 3.63) is 24.3 Å². The highest BCUT2D eigenvalue weighted by Crippen LogP contribution is 2.12. The van der Waals surface area contributed by atoms with Crippen LogP contribution in [0.1, 0.15) is 78.1 Å². The Labute approximate surface area is 199 Å². The third-order valence-corrected chi connectivity index (χ3v) is 6.28. The van der Waals surface area contributed by atoms with E-state index in [9.17, 15) is 9.59 Å². The number of hydrogen-bond donors (Lipinski definition) is 1. The maximum absolute atomic E-state index is 11.6. The Morgan fingerprint density at radius 2 is 1.03 bits per heavy atom. The van der Waals surface area contributed by atoms with Gasteiger partial charge in [0.05, 0.1) is 54.4 Å². The van der Waals surface area contributed by atoms with Gasteiger partial charge in [-0.05, 0) is 57.9 Å². The number of unbranched alkanes of at least 4 members (excludes halogenated alkanes) is 6. The van der Waals surface area contributed by atoms with Gasteiger partial charge in [-0.15, -0.1) is 0 Å². The molecule has 1 N–H and O–H groups in total. The van der Waals surface area contributed by atoms with Gasteiger partial charge in [0.2, 0.25) is 5.91 Å². The minimum atomic E-state index is -0.0347. The van der Waals surface area contributed by atoms with Crippen molar-refractivity contribution in [3.8, 4) is 0 Å². The van der Waals surface area contributed by atoms with Crippen LogP contribution in [0.2, 0.25) is 0 Å². The first kappa shape index (κ1) is 30.5. The second-order valence-corrected chi connectivity index (χ2v) is 10.9. The van der Waals surface area contributed by atoms with Crippen molar-refractivity contribution in [2.24, 2.45) is 0 Å². The summed E-state index contributed by atoms with van der Waals surface area (Å²) in [5.74, 6) is 0.178. The zero-order valence-electron chi connectivity index (χ0n) is 22.2. The van der Waals surface area contributed by atoms with Gasteiger partial charge in [-0.2, -0.15) is 0 Å². The molecule has 0 bridgehead atoms. The van der Waals surface area contributed by atoms with Crippen LogP contribution in [0.25, 0.3) is 0 Å². The molecule has 0 atom stereocenters. The Morgan fingerprint density at radius 1 is 0.625 bits per heavy atom. The SMILES string of the molecule is C=C(C)C(=O)CCCC[N+](C)(C)CCCCCCCC[N+](C)(C)CCCNC(=O)C(=C)C. The minimum Gasteiger partial charge on any atom is -0.352 e. The highest BCUT2D eigenvalue weighted by molar-refractivity contribution is 5.94. The Hall–Kier alpha value is -1.46. The summed E-state index contributed by atoms with van der Waals surface area (Å²) in [5, 5.41) is 2.92. The molecule has 0 heterocycles. The third kappa shape index (κ3) is 17.1. The lowest BCUT2D eigenvalue weighted by Gasteiger charge is -2.30. The molecule has 0 aliphatic rings. The molecule has 0 aromatic heterocycles. The fraction of sp³-hybridized carbons (Fsp3) is 0.778. The summed E-state index contributed by atoms with van der Waals surface area (Å²) in [6.07, 6.45) is 11.6. The van der Waals surface area contributed by atoms with E-state index in [1.54, 1.807) is 13.8 Å².